The second-order valence-corrected chi connectivity index (χ2v) is 13.0. The van der Waals surface area contributed by atoms with Crippen LogP contribution in [0.3, 0.4) is 0 Å². The Morgan fingerprint density at radius 3 is 2.50 bits per heavy atom. The highest BCUT2D eigenvalue weighted by Crippen LogP contribution is 2.31. The summed E-state index contributed by atoms with van der Waals surface area (Å²) in [5, 5.41) is 5.17. The monoisotopic (exact) mass is 686 g/mol. The van der Waals surface area contributed by atoms with Gasteiger partial charge >= 0.3 is 5.97 Å². The molecule has 3 heterocycles. The summed E-state index contributed by atoms with van der Waals surface area (Å²) in [5.41, 5.74) is 5.51. The number of hydrazine groups is 1. The predicted octanol–water partition coefficient (Wildman–Crippen LogP) is 4.70. The molecule has 1 saturated heterocycles. The fraction of sp³-hybridized carbons (Fsp3) is 0.469. The number of hydrogen-bond acceptors (Lipinski definition) is 7. The van der Waals surface area contributed by atoms with Crippen molar-refractivity contribution in [2.24, 2.45) is 17.8 Å². The third-order valence-corrected chi connectivity index (χ3v) is 9.82. The van der Waals surface area contributed by atoms with E-state index >= 15 is 0 Å². The van der Waals surface area contributed by atoms with Crippen molar-refractivity contribution in [3.8, 4) is 0 Å². The number of benzene rings is 1. The van der Waals surface area contributed by atoms with Crippen LogP contribution in [0.1, 0.15) is 64.8 Å². The maximum absolute atomic E-state index is 13.5. The van der Waals surface area contributed by atoms with E-state index in [1.807, 2.05) is 57.2 Å². The highest BCUT2D eigenvalue weighted by atomic mass is 127. The third-order valence-electron chi connectivity index (χ3n) is 7.96. The standard InChI is InChI=1S/C32H39IN4O5/c1-17(2)27-28(33)19(4)29(38)18(3)9-10-22-11-12-23-13-14-24(35-26(23)16-22)21(6)42-32(41)25-8-7-15-37(36-25)31(40)20(5)34-30(27)39/h9-14,16-17,19-21,25,27-28,36H,3,7-8,15H2,1-2,4-6H3,(H,34,39)/b10-9+/t19?,20?,21-,25+,27?,28?/m1/s1. The minimum atomic E-state index is -0.838. The molecular weight excluding hydrogens is 647 g/mol. The maximum atomic E-state index is 13.5. The molecule has 2 aliphatic heterocycles. The summed E-state index contributed by atoms with van der Waals surface area (Å²) < 4.78 is 5.43. The van der Waals surface area contributed by atoms with Crippen LogP contribution in [0.2, 0.25) is 0 Å². The van der Waals surface area contributed by atoms with Crippen LogP contribution in [0.15, 0.2) is 48.6 Å². The zero-order chi connectivity index (χ0) is 30.7. The topological polar surface area (TPSA) is 118 Å². The van der Waals surface area contributed by atoms with Gasteiger partial charge in [0.05, 0.1) is 17.1 Å². The van der Waals surface area contributed by atoms with E-state index in [4.69, 9.17) is 9.72 Å². The lowest BCUT2D eigenvalue weighted by Crippen LogP contribution is -2.60. The number of pyridine rings is 1. The van der Waals surface area contributed by atoms with Crippen LogP contribution in [-0.4, -0.2) is 56.1 Å². The van der Waals surface area contributed by atoms with Crippen molar-refractivity contribution >= 4 is 63.1 Å². The molecule has 1 fully saturated rings. The largest absolute Gasteiger partial charge is 0.455 e. The number of ether oxygens (including phenoxy) is 1. The van der Waals surface area contributed by atoms with E-state index in [9.17, 15) is 19.2 Å². The van der Waals surface area contributed by atoms with Crippen molar-refractivity contribution in [3.63, 3.8) is 0 Å². The molecule has 2 amide bonds. The molecule has 42 heavy (non-hydrogen) atoms. The van der Waals surface area contributed by atoms with Crippen LogP contribution in [0.25, 0.3) is 17.0 Å². The van der Waals surface area contributed by atoms with Crippen molar-refractivity contribution < 1.29 is 23.9 Å². The van der Waals surface area contributed by atoms with Gasteiger partial charge in [0.25, 0.3) is 5.91 Å². The molecule has 4 unspecified atom stereocenters. The molecule has 5 bridgehead atoms. The first kappa shape index (κ1) is 31.8. The van der Waals surface area contributed by atoms with E-state index in [0.29, 0.717) is 30.7 Å². The number of halogens is 1. The molecule has 2 aromatic rings. The number of fused-ring (bicyclic) bond motifs is 4. The lowest BCUT2D eigenvalue weighted by atomic mass is 9.83. The Labute approximate surface area is 260 Å². The molecule has 224 valence electrons. The second kappa shape index (κ2) is 13.5. The summed E-state index contributed by atoms with van der Waals surface area (Å²) in [6.07, 6.45) is 4.01. The first-order chi connectivity index (χ1) is 19.9. The molecule has 0 spiro atoms. The molecule has 0 aliphatic carbocycles. The molecular formula is C32H39IN4O5. The number of carbonyl (C=O) groups excluding carboxylic acids is 4. The average molecular weight is 687 g/mol. The summed E-state index contributed by atoms with van der Waals surface area (Å²) in [5.74, 6) is -2.34. The number of nitrogens with zero attached hydrogens (tertiary/aromatic N) is 2. The first-order valence-corrected chi connectivity index (χ1v) is 15.7. The number of Topliss-reactive ketones (excluding diaryl/α,β-unsaturated/α-hetero) is 1. The molecule has 1 aromatic heterocycles. The van der Waals surface area contributed by atoms with E-state index in [-0.39, 0.29) is 27.4 Å². The lowest BCUT2D eigenvalue weighted by Gasteiger charge is -2.35. The molecule has 4 rings (SSSR count). The smallest absolute Gasteiger partial charge is 0.325 e. The fourth-order valence-corrected chi connectivity index (χ4v) is 6.84. The van der Waals surface area contributed by atoms with Gasteiger partial charge in [-0.2, -0.15) is 0 Å². The van der Waals surface area contributed by atoms with Gasteiger partial charge in [-0.1, -0.05) is 80.3 Å². The Balaban J connectivity index is 1.70. The maximum Gasteiger partial charge on any atom is 0.325 e. The Morgan fingerprint density at radius 1 is 1.07 bits per heavy atom. The number of carbonyl (C=O) groups is 4. The Bertz CT molecular complexity index is 1420. The summed E-state index contributed by atoms with van der Waals surface area (Å²) in [6, 6.07) is 8.01. The van der Waals surface area contributed by atoms with Crippen LogP contribution in [0, 0.1) is 17.8 Å². The quantitative estimate of drug-likeness (QED) is 0.193. The van der Waals surface area contributed by atoms with E-state index in [1.54, 1.807) is 19.9 Å². The van der Waals surface area contributed by atoms with Gasteiger partial charge in [0.2, 0.25) is 5.91 Å². The minimum absolute atomic E-state index is 0.0805. The molecule has 6 atom stereocenters. The van der Waals surface area contributed by atoms with Crippen LogP contribution in [0.4, 0.5) is 0 Å². The van der Waals surface area contributed by atoms with Crippen molar-refractivity contribution in [2.75, 3.05) is 6.54 Å². The summed E-state index contributed by atoms with van der Waals surface area (Å²) in [4.78, 5) is 58.0. The minimum Gasteiger partial charge on any atom is -0.455 e. The highest BCUT2D eigenvalue weighted by Gasteiger charge is 2.38. The number of ketones is 1. The van der Waals surface area contributed by atoms with Gasteiger partial charge in [0, 0.05) is 27.3 Å². The summed E-state index contributed by atoms with van der Waals surface area (Å²) in [6.45, 7) is 13.5. The third kappa shape index (κ3) is 7.08. The van der Waals surface area contributed by atoms with E-state index in [2.05, 4.69) is 39.9 Å². The van der Waals surface area contributed by atoms with Gasteiger partial charge in [-0.15, -0.1) is 0 Å². The molecule has 10 heteroatoms. The second-order valence-electron chi connectivity index (χ2n) is 11.5. The average Bonchev–Trinajstić information content (AvgIpc) is 2.97. The van der Waals surface area contributed by atoms with Gasteiger partial charge in [-0.3, -0.25) is 24.2 Å². The van der Waals surface area contributed by atoms with Crippen LogP contribution < -0.4 is 10.7 Å². The van der Waals surface area contributed by atoms with Crippen LogP contribution in [-0.2, 0) is 23.9 Å². The first-order valence-electron chi connectivity index (χ1n) is 14.4. The normalized spacial score (nSPS) is 29.3. The molecule has 1 aromatic carbocycles. The molecule has 9 nitrogen and oxygen atoms in total. The van der Waals surface area contributed by atoms with Crippen molar-refractivity contribution in [1.29, 1.82) is 0 Å². The number of aromatic nitrogens is 1. The Hall–Kier alpha value is -3.12. The van der Waals surface area contributed by atoms with E-state index < -0.39 is 36.0 Å². The predicted molar refractivity (Wildman–Crippen MR) is 170 cm³/mol. The highest BCUT2D eigenvalue weighted by molar-refractivity contribution is 14.1. The molecule has 0 saturated carbocycles. The van der Waals surface area contributed by atoms with Gasteiger partial charge in [0.15, 0.2) is 5.78 Å². The van der Waals surface area contributed by atoms with Crippen LogP contribution in [0.5, 0.6) is 0 Å². The SMILES string of the molecule is C=C1/C=C/c2ccc3ccc(nc3c2)[C@@H](C)OC(=O)[C@@H]2CCCN(N2)C(=O)C(C)NC(=O)C(C(C)C)C(I)C(C)C1=O. The van der Waals surface area contributed by atoms with Gasteiger partial charge in [0.1, 0.15) is 18.2 Å². The number of hydrogen-bond donors (Lipinski definition) is 2. The van der Waals surface area contributed by atoms with Crippen molar-refractivity contribution in [3.05, 3.63) is 59.8 Å². The number of nitrogens with one attached hydrogen (secondary N) is 2. The van der Waals surface area contributed by atoms with Crippen molar-refractivity contribution in [1.82, 2.24) is 20.7 Å². The molecule has 0 radical (unpaired) electrons. The molecule has 2 N–H and O–H groups in total. The Kier molecular flexibility index (Phi) is 10.2. The van der Waals surface area contributed by atoms with E-state index in [0.717, 1.165) is 16.5 Å². The number of alkyl halides is 1. The van der Waals surface area contributed by atoms with E-state index in [1.165, 1.54) is 5.01 Å². The van der Waals surface area contributed by atoms with Crippen molar-refractivity contribution in [2.45, 2.75) is 69.6 Å². The lowest BCUT2D eigenvalue weighted by molar-refractivity contribution is -0.157. The van der Waals surface area contributed by atoms with Crippen LogP contribution >= 0.6 is 22.6 Å². The number of allylic oxidation sites excluding steroid dienone is 2. The Morgan fingerprint density at radius 2 is 1.79 bits per heavy atom. The number of amides is 2. The van der Waals surface area contributed by atoms with Gasteiger partial charge < -0.3 is 10.1 Å². The van der Waals surface area contributed by atoms with Gasteiger partial charge in [-0.05, 0) is 50.3 Å². The number of esters is 1. The molecule has 2 aliphatic rings. The number of cyclic esters (lactones) is 1. The summed E-state index contributed by atoms with van der Waals surface area (Å²) >= 11 is 2.17. The number of rotatable bonds is 1. The summed E-state index contributed by atoms with van der Waals surface area (Å²) in [7, 11) is 0. The zero-order valence-electron chi connectivity index (χ0n) is 24.7. The fourth-order valence-electron chi connectivity index (χ4n) is 5.36. The van der Waals surface area contributed by atoms with Gasteiger partial charge in [-0.25, -0.2) is 10.4 Å². The zero-order valence-corrected chi connectivity index (χ0v) is 26.9.